The summed E-state index contributed by atoms with van der Waals surface area (Å²) in [5.41, 5.74) is 1.62. The average Bonchev–Trinajstić information content (AvgIpc) is 2.67. The molecule has 0 bridgehead atoms. The Morgan fingerprint density at radius 2 is 1.93 bits per heavy atom. The van der Waals surface area contributed by atoms with Crippen LogP contribution in [0.15, 0.2) is 48.0 Å². The highest BCUT2D eigenvalue weighted by Crippen LogP contribution is 2.26. The van der Waals surface area contributed by atoms with Gasteiger partial charge < -0.3 is 14.6 Å². The van der Waals surface area contributed by atoms with Gasteiger partial charge in [-0.25, -0.2) is 13.6 Å². The lowest BCUT2D eigenvalue weighted by atomic mass is 10.1. The summed E-state index contributed by atoms with van der Waals surface area (Å²) in [6.45, 7) is 3.97. The van der Waals surface area contributed by atoms with Gasteiger partial charge in [-0.2, -0.15) is 0 Å². The average molecular weight is 435 g/mol. The van der Waals surface area contributed by atoms with Crippen molar-refractivity contribution in [2.24, 2.45) is 0 Å². The molecular formula is C23H21ClF2O4. The molecule has 0 fully saturated rings. The van der Waals surface area contributed by atoms with Gasteiger partial charge in [0.1, 0.15) is 24.0 Å². The number of carboxylic acids is 1. The van der Waals surface area contributed by atoms with Gasteiger partial charge in [0.25, 0.3) is 0 Å². The highest BCUT2D eigenvalue weighted by molar-refractivity contribution is 6.32. The Kier molecular flexibility index (Phi) is 8.85. The second-order valence-electron chi connectivity index (χ2n) is 6.36. The van der Waals surface area contributed by atoms with E-state index in [4.69, 9.17) is 26.2 Å². The van der Waals surface area contributed by atoms with Crippen LogP contribution in [-0.2, 0) is 16.0 Å². The summed E-state index contributed by atoms with van der Waals surface area (Å²) in [6, 6.07) is 8.12. The van der Waals surface area contributed by atoms with Crippen molar-refractivity contribution in [1.29, 1.82) is 0 Å². The maximum absolute atomic E-state index is 13.2. The van der Waals surface area contributed by atoms with Gasteiger partial charge in [-0.3, -0.25) is 0 Å². The van der Waals surface area contributed by atoms with Crippen LogP contribution in [0, 0.1) is 23.5 Å². The number of carbonyl (C=O) groups is 1. The summed E-state index contributed by atoms with van der Waals surface area (Å²) >= 11 is 6.22. The first-order valence-electron chi connectivity index (χ1n) is 9.19. The highest BCUT2D eigenvalue weighted by Gasteiger charge is 2.18. The molecule has 1 atom stereocenters. The minimum Gasteiger partial charge on any atom is -0.488 e. The van der Waals surface area contributed by atoms with Crippen molar-refractivity contribution >= 4 is 17.6 Å². The van der Waals surface area contributed by atoms with Crippen LogP contribution in [0.4, 0.5) is 8.78 Å². The maximum Gasteiger partial charge on any atom is 0.333 e. The normalized spacial score (nSPS) is 12.1. The number of hydrogen-bond acceptors (Lipinski definition) is 3. The first-order chi connectivity index (χ1) is 14.3. The lowest BCUT2D eigenvalue weighted by Crippen LogP contribution is -2.26. The van der Waals surface area contributed by atoms with Gasteiger partial charge >= 0.3 is 5.97 Å². The van der Waals surface area contributed by atoms with E-state index in [1.54, 1.807) is 38.1 Å². The molecule has 30 heavy (non-hydrogen) atoms. The molecule has 0 heterocycles. The monoisotopic (exact) mass is 434 g/mol. The van der Waals surface area contributed by atoms with E-state index in [9.17, 15) is 13.6 Å². The number of hydrogen-bond donors (Lipinski definition) is 1. The second-order valence-corrected chi connectivity index (χ2v) is 6.76. The van der Waals surface area contributed by atoms with E-state index in [1.807, 2.05) is 0 Å². The third kappa shape index (κ3) is 7.51. The fourth-order valence-corrected chi connectivity index (χ4v) is 2.78. The number of rotatable bonds is 8. The van der Waals surface area contributed by atoms with E-state index in [0.717, 1.165) is 18.2 Å². The number of allylic oxidation sites excluding steroid dienone is 1. The van der Waals surface area contributed by atoms with E-state index >= 15 is 0 Å². The van der Waals surface area contributed by atoms with Crippen LogP contribution in [0.2, 0.25) is 5.02 Å². The van der Waals surface area contributed by atoms with Gasteiger partial charge in [0.2, 0.25) is 0 Å². The predicted octanol–water partition coefficient (Wildman–Crippen LogP) is 5.03. The fraction of sp³-hybridized carbons (Fsp3) is 0.261. The minimum atomic E-state index is -1.03. The zero-order valence-electron chi connectivity index (χ0n) is 16.5. The molecule has 0 unspecified atom stereocenters. The van der Waals surface area contributed by atoms with Crippen molar-refractivity contribution in [3.63, 3.8) is 0 Å². The van der Waals surface area contributed by atoms with E-state index in [1.165, 1.54) is 0 Å². The summed E-state index contributed by atoms with van der Waals surface area (Å²) in [5, 5.41) is 9.51. The van der Waals surface area contributed by atoms with Crippen LogP contribution >= 0.6 is 11.6 Å². The topological polar surface area (TPSA) is 55.8 Å². The lowest BCUT2D eigenvalue weighted by molar-refractivity contribution is -0.149. The molecule has 0 amide bonds. The lowest BCUT2D eigenvalue weighted by Gasteiger charge is -2.13. The van der Waals surface area contributed by atoms with Crippen molar-refractivity contribution in [2.75, 3.05) is 13.2 Å². The van der Waals surface area contributed by atoms with Crippen molar-refractivity contribution in [3.8, 4) is 17.6 Å². The van der Waals surface area contributed by atoms with Gasteiger partial charge in [0.05, 0.1) is 5.02 Å². The van der Waals surface area contributed by atoms with Crippen molar-refractivity contribution in [2.45, 2.75) is 26.4 Å². The maximum atomic E-state index is 13.2. The number of carboxylic acid groups (broad SMARTS) is 1. The van der Waals surface area contributed by atoms with Gasteiger partial charge in [0.15, 0.2) is 6.10 Å². The van der Waals surface area contributed by atoms with Gasteiger partial charge in [0, 0.05) is 24.7 Å². The van der Waals surface area contributed by atoms with E-state index in [-0.39, 0.29) is 18.6 Å². The number of benzene rings is 2. The Labute approximate surface area is 179 Å². The molecule has 1 N–H and O–H groups in total. The summed E-state index contributed by atoms with van der Waals surface area (Å²) in [5.74, 6) is 3.54. The zero-order valence-corrected chi connectivity index (χ0v) is 17.3. The Morgan fingerprint density at radius 1 is 1.23 bits per heavy atom. The van der Waals surface area contributed by atoms with Crippen LogP contribution in [0.3, 0.4) is 0 Å². The molecule has 2 aromatic rings. The third-order valence-corrected chi connectivity index (χ3v) is 4.25. The standard InChI is InChI=1S/C23H21ClF2O4/c1-3-29-22(23(27)28)13-17-6-7-21(20(24)12-17)30-9-8-15(2)4-5-16-10-18(25)14-19(26)11-16/h6-8,10-12,14,22H,3,9,13H2,1-2H3,(H,27,28)/b15-8+/t22-/m0/s1. The highest BCUT2D eigenvalue weighted by atomic mass is 35.5. The summed E-state index contributed by atoms with van der Waals surface area (Å²) in [6.07, 6.45) is 0.967. The molecule has 0 saturated heterocycles. The molecule has 0 aliphatic carbocycles. The molecule has 0 aliphatic heterocycles. The SMILES string of the molecule is CCO[C@@H](Cc1ccc(OC/C=C(\C)C#Cc2cc(F)cc(F)c2)c(Cl)c1)C(=O)O. The molecule has 0 radical (unpaired) electrons. The van der Waals surface area contributed by atoms with Gasteiger partial charge in [-0.1, -0.05) is 29.5 Å². The van der Waals surface area contributed by atoms with Crippen LogP contribution < -0.4 is 4.74 Å². The molecule has 0 saturated carbocycles. The molecule has 2 aromatic carbocycles. The Morgan fingerprint density at radius 3 is 2.53 bits per heavy atom. The molecule has 7 heteroatoms. The molecule has 158 valence electrons. The molecule has 0 aliphatic rings. The molecule has 0 spiro atoms. The number of ether oxygens (including phenoxy) is 2. The van der Waals surface area contributed by atoms with Crippen LogP contribution in [0.1, 0.15) is 25.0 Å². The fourth-order valence-electron chi connectivity index (χ4n) is 2.53. The molecule has 0 aromatic heterocycles. The van der Waals surface area contributed by atoms with Crippen molar-refractivity contribution in [3.05, 3.63) is 75.8 Å². The zero-order chi connectivity index (χ0) is 22.1. The van der Waals surface area contributed by atoms with Crippen LogP contribution in [-0.4, -0.2) is 30.4 Å². The molecular weight excluding hydrogens is 414 g/mol. The molecule has 2 rings (SSSR count). The summed E-state index contributed by atoms with van der Waals surface area (Å²) in [4.78, 5) is 11.2. The second kappa shape index (κ2) is 11.3. The minimum absolute atomic E-state index is 0.188. The smallest absolute Gasteiger partial charge is 0.333 e. The third-order valence-electron chi connectivity index (χ3n) is 3.96. The first kappa shape index (κ1) is 23.4. The van der Waals surface area contributed by atoms with Crippen LogP contribution in [0.25, 0.3) is 0 Å². The van der Waals surface area contributed by atoms with Gasteiger partial charge in [-0.05, 0) is 55.3 Å². The van der Waals surface area contributed by atoms with Crippen molar-refractivity contribution in [1.82, 2.24) is 0 Å². The Hall–Kier alpha value is -2.88. The Bertz CT molecular complexity index is 972. The van der Waals surface area contributed by atoms with E-state index < -0.39 is 23.7 Å². The summed E-state index contributed by atoms with van der Waals surface area (Å²) in [7, 11) is 0. The number of halogens is 3. The van der Waals surface area contributed by atoms with Crippen molar-refractivity contribution < 1.29 is 28.2 Å². The van der Waals surface area contributed by atoms with Crippen LogP contribution in [0.5, 0.6) is 5.75 Å². The van der Waals surface area contributed by atoms with E-state index in [0.29, 0.717) is 28.5 Å². The number of aliphatic carboxylic acids is 1. The summed E-state index contributed by atoms with van der Waals surface area (Å²) < 4.78 is 37.1. The van der Waals surface area contributed by atoms with E-state index in [2.05, 4.69) is 11.8 Å². The Balaban J connectivity index is 1.97. The van der Waals surface area contributed by atoms with Gasteiger partial charge in [-0.15, -0.1) is 0 Å². The predicted molar refractivity (Wildman–Crippen MR) is 111 cm³/mol. The quantitative estimate of drug-likeness (QED) is 0.592. The largest absolute Gasteiger partial charge is 0.488 e. The molecule has 4 nitrogen and oxygen atoms in total. The first-order valence-corrected chi connectivity index (χ1v) is 9.56.